The number of carbonyl (C=O) groups is 4. The van der Waals surface area contributed by atoms with Gasteiger partial charge in [-0.25, -0.2) is 5.43 Å². The van der Waals surface area contributed by atoms with Gasteiger partial charge in [0.2, 0.25) is 11.8 Å². The average molecular weight is 449 g/mol. The van der Waals surface area contributed by atoms with Crippen molar-refractivity contribution in [1.82, 2.24) is 21.1 Å². The largest absolute Gasteiger partial charge is 0.397 e. The van der Waals surface area contributed by atoms with Gasteiger partial charge in [-0.05, 0) is 13.3 Å². The summed E-state index contributed by atoms with van der Waals surface area (Å²) in [5.41, 5.74) is 5.07. The molecule has 1 aliphatic rings. The Bertz CT molecular complexity index is 437. The first-order valence-corrected chi connectivity index (χ1v) is 11.2. The van der Waals surface area contributed by atoms with Crippen molar-refractivity contribution in [3.63, 3.8) is 0 Å². The van der Waals surface area contributed by atoms with Gasteiger partial charge in [-0.2, -0.15) is 0 Å². The fourth-order valence-corrected chi connectivity index (χ4v) is 1.53. The third-order valence-corrected chi connectivity index (χ3v) is 2.76. The van der Waals surface area contributed by atoms with E-state index in [0.717, 1.165) is 17.7 Å². The zero-order chi connectivity index (χ0) is 25.7. The Morgan fingerprint density at radius 2 is 1.29 bits per heavy atom. The van der Waals surface area contributed by atoms with Gasteiger partial charge < -0.3 is 10.4 Å². The molecule has 0 aromatic heterocycles. The smallest absolute Gasteiger partial charge is 0.253 e. The Morgan fingerprint density at radius 3 is 1.61 bits per heavy atom. The fraction of sp³-hybridized carbons (Fsp3) is 0.727. The molecule has 1 aliphatic heterocycles. The van der Waals surface area contributed by atoms with Gasteiger partial charge in [0.05, 0.1) is 0 Å². The van der Waals surface area contributed by atoms with Crippen LogP contribution in [0.5, 0.6) is 0 Å². The minimum Gasteiger partial charge on any atom is -0.397 e. The molecule has 0 spiro atoms. The molecule has 1 rings (SSSR count). The highest BCUT2D eigenvalue weighted by atomic mass is 16.2. The lowest BCUT2D eigenvalue weighted by Crippen LogP contribution is -2.33. The summed E-state index contributed by atoms with van der Waals surface area (Å²) in [5, 5.41) is 9.98. The summed E-state index contributed by atoms with van der Waals surface area (Å²) in [7, 11) is 3.19. The Labute approximate surface area is 190 Å². The van der Waals surface area contributed by atoms with Crippen molar-refractivity contribution in [1.29, 1.82) is 0 Å². The molecule has 4 N–H and O–H groups in total. The predicted octanol–water partition coefficient (Wildman–Crippen LogP) is 2.55. The molecule has 0 aliphatic carbocycles. The molecular weight excluding hydrogens is 400 g/mol. The Kier molecular flexibility index (Phi) is 44.5. The van der Waals surface area contributed by atoms with Crippen LogP contribution in [0.15, 0.2) is 12.2 Å². The number of nitrogens with zero attached hydrogens (tertiary/aromatic N) is 1. The third kappa shape index (κ3) is 30.0. The van der Waals surface area contributed by atoms with Gasteiger partial charge >= 0.3 is 0 Å². The Balaban J connectivity index is -0.000000109. The zero-order valence-corrected chi connectivity index (χ0v) is 21.4. The van der Waals surface area contributed by atoms with Crippen LogP contribution in [0.2, 0.25) is 0 Å². The number of unbranched alkanes of at least 4 members (excludes halogenated alkanes) is 1. The lowest BCUT2D eigenvalue weighted by molar-refractivity contribution is -0.137. The standard InChI is InChI=1S/C8H10N2O3.C6H14N2O.C2H6O.3C2H6/c1-9-6(11)4-5-10-7(12)2-3-8(10)13;1-3-4-5-6(9)8-7-2;1-2-3;3*1-2/h2-3H,4-5H2,1H3,(H,9,11);7H,3-5H2,1-2H3,(H,8,9);3H,2H2,1H3;3*1-2H3. The minimum absolute atomic E-state index is 0.0688. The highest BCUT2D eigenvalue weighted by molar-refractivity contribution is 6.13. The molecule has 0 radical (unpaired) electrons. The quantitative estimate of drug-likeness (QED) is 0.350. The van der Waals surface area contributed by atoms with Crippen LogP contribution >= 0.6 is 0 Å². The van der Waals surface area contributed by atoms with Crippen molar-refractivity contribution in [2.75, 3.05) is 27.2 Å². The molecule has 0 fully saturated rings. The van der Waals surface area contributed by atoms with E-state index < -0.39 is 0 Å². The van der Waals surface area contributed by atoms with Crippen LogP contribution in [0.4, 0.5) is 0 Å². The lowest BCUT2D eigenvalue weighted by Gasteiger charge is -2.12. The summed E-state index contributed by atoms with van der Waals surface area (Å²) in [5.74, 6) is -0.824. The first kappa shape index (κ1) is 39.2. The second-order valence-corrected chi connectivity index (χ2v) is 4.80. The van der Waals surface area contributed by atoms with Crippen molar-refractivity contribution in [3.8, 4) is 0 Å². The van der Waals surface area contributed by atoms with Gasteiger partial charge in [0.1, 0.15) is 0 Å². The topological polar surface area (TPSA) is 128 Å². The molecule has 0 aromatic rings. The first-order chi connectivity index (χ1) is 14.9. The Hall–Kier alpha value is -2.26. The van der Waals surface area contributed by atoms with E-state index in [4.69, 9.17) is 5.11 Å². The van der Waals surface area contributed by atoms with Crippen molar-refractivity contribution >= 4 is 23.6 Å². The number of nitrogens with one attached hydrogen (secondary N) is 3. The zero-order valence-electron chi connectivity index (χ0n) is 21.4. The fourth-order valence-electron chi connectivity index (χ4n) is 1.53. The number of hydrogen-bond donors (Lipinski definition) is 4. The van der Waals surface area contributed by atoms with Crippen molar-refractivity contribution in [2.24, 2.45) is 0 Å². The van der Waals surface area contributed by atoms with Gasteiger partial charge in [0.25, 0.3) is 11.8 Å². The maximum Gasteiger partial charge on any atom is 0.253 e. The molecule has 0 unspecified atom stereocenters. The van der Waals surface area contributed by atoms with E-state index in [2.05, 4.69) is 23.1 Å². The summed E-state index contributed by atoms with van der Waals surface area (Å²) in [6.45, 7) is 16.1. The molecular formula is C22H48N4O5. The molecule has 31 heavy (non-hydrogen) atoms. The van der Waals surface area contributed by atoms with Gasteiger partial charge in [-0.1, -0.05) is 54.9 Å². The van der Waals surface area contributed by atoms with Gasteiger partial charge in [0, 0.05) is 52.2 Å². The summed E-state index contributed by atoms with van der Waals surface area (Å²) in [4.78, 5) is 44.4. The Morgan fingerprint density at radius 1 is 0.871 bits per heavy atom. The minimum atomic E-state index is -0.353. The SMILES string of the molecule is CC.CC.CC.CCCCC(=O)NNC.CCO.CNC(=O)CCN1C(=O)C=CC1=O. The van der Waals surface area contributed by atoms with Crippen molar-refractivity contribution in [3.05, 3.63) is 12.2 Å². The molecule has 1 heterocycles. The number of hydrazine groups is 1. The van der Waals surface area contributed by atoms with Crippen LogP contribution in [0.25, 0.3) is 0 Å². The second-order valence-electron chi connectivity index (χ2n) is 4.80. The highest BCUT2D eigenvalue weighted by Gasteiger charge is 2.23. The van der Waals surface area contributed by atoms with Crippen LogP contribution in [0.3, 0.4) is 0 Å². The molecule has 0 saturated carbocycles. The maximum atomic E-state index is 11.0. The van der Waals surface area contributed by atoms with Crippen LogP contribution in [-0.2, 0) is 19.2 Å². The van der Waals surface area contributed by atoms with E-state index in [1.54, 1.807) is 14.0 Å². The molecule has 9 nitrogen and oxygen atoms in total. The number of aliphatic hydroxyl groups excluding tert-OH is 1. The summed E-state index contributed by atoms with van der Waals surface area (Å²) in [6.07, 6.45) is 5.20. The summed E-state index contributed by atoms with van der Waals surface area (Å²) < 4.78 is 0. The summed E-state index contributed by atoms with van der Waals surface area (Å²) in [6, 6.07) is 0. The van der Waals surface area contributed by atoms with Gasteiger partial charge in [-0.15, -0.1) is 0 Å². The molecule has 4 amide bonds. The van der Waals surface area contributed by atoms with E-state index in [1.807, 2.05) is 41.5 Å². The van der Waals surface area contributed by atoms with Gasteiger partial charge in [0.15, 0.2) is 0 Å². The molecule has 0 atom stereocenters. The highest BCUT2D eigenvalue weighted by Crippen LogP contribution is 2.03. The van der Waals surface area contributed by atoms with E-state index >= 15 is 0 Å². The maximum absolute atomic E-state index is 11.0. The van der Waals surface area contributed by atoms with Crippen LogP contribution in [0.1, 0.15) is 81.1 Å². The number of aliphatic hydroxyl groups is 1. The van der Waals surface area contributed by atoms with Crippen LogP contribution in [-0.4, -0.2) is 60.9 Å². The average Bonchev–Trinajstić information content (AvgIpc) is 3.13. The molecule has 0 saturated heterocycles. The third-order valence-electron chi connectivity index (χ3n) is 2.76. The number of imide groups is 1. The van der Waals surface area contributed by atoms with E-state index in [1.165, 1.54) is 19.2 Å². The van der Waals surface area contributed by atoms with Crippen LogP contribution < -0.4 is 16.2 Å². The van der Waals surface area contributed by atoms with Crippen LogP contribution in [0, 0.1) is 0 Å². The number of hydrogen-bond acceptors (Lipinski definition) is 6. The molecule has 0 aromatic carbocycles. The normalized spacial score (nSPS) is 10.2. The van der Waals surface area contributed by atoms with E-state index in [9.17, 15) is 19.2 Å². The molecule has 186 valence electrons. The van der Waals surface area contributed by atoms with Crippen molar-refractivity contribution in [2.45, 2.75) is 81.1 Å². The number of rotatable bonds is 7. The molecule has 0 bridgehead atoms. The van der Waals surface area contributed by atoms with Gasteiger partial charge in [-0.3, -0.25) is 29.5 Å². The first-order valence-electron chi connectivity index (χ1n) is 11.2. The number of amides is 4. The monoisotopic (exact) mass is 448 g/mol. The second kappa shape index (κ2) is 35.2. The summed E-state index contributed by atoms with van der Waals surface area (Å²) >= 11 is 0. The van der Waals surface area contributed by atoms with E-state index in [0.29, 0.717) is 6.42 Å². The predicted molar refractivity (Wildman–Crippen MR) is 128 cm³/mol. The van der Waals surface area contributed by atoms with Crippen molar-refractivity contribution < 1.29 is 24.3 Å². The lowest BCUT2D eigenvalue weighted by atomic mass is 10.2. The number of carbonyl (C=O) groups excluding carboxylic acids is 4. The molecule has 9 heteroatoms. The van der Waals surface area contributed by atoms with E-state index in [-0.39, 0.29) is 43.2 Å².